The van der Waals surface area contributed by atoms with Crippen LogP contribution in [0.1, 0.15) is 35.1 Å². The molecule has 5 nitrogen and oxygen atoms in total. The summed E-state index contributed by atoms with van der Waals surface area (Å²) in [5, 5.41) is 6.05. The third kappa shape index (κ3) is 4.61. The van der Waals surface area contributed by atoms with Gasteiger partial charge in [-0.2, -0.15) is 0 Å². The van der Waals surface area contributed by atoms with E-state index in [1.807, 2.05) is 37.4 Å². The molecule has 7 heteroatoms. The molecule has 2 heterocycles. The van der Waals surface area contributed by atoms with Crippen molar-refractivity contribution < 1.29 is 4.79 Å². The van der Waals surface area contributed by atoms with Gasteiger partial charge in [-0.3, -0.25) is 9.59 Å². The Kier molecular flexibility index (Phi) is 6.08. The van der Waals surface area contributed by atoms with Crippen LogP contribution in [-0.4, -0.2) is 21.6 Å². The number of amides is 1. The van der Waals surface area contributed by atoms with Crippen LogP contribution in [0.5, 0.6) is 0 Å². The summed E-state index contributed by atoms with van der Waals surface area (Å²) < 4.78 is 0. The molecule has 0 aliphatic heterocycles. The first-order valence-corrected chi connectivity index (χ1v) is 13.0. The van der Waals surface area contributed by atoms with Gasteiger partial charge in [-0.1, -0.05) is 42.1 Å². The van der Waals surface area contributed by atoms with Crippen molar-refractivity contribution in [2.45, 2.75) is 44.7 Å². The summed E-state index contributed by atoms with van der Waals surface area (Å²) in [5.74, 6) is 0.0441. The SMILES string of the molecule is Cc1ccc(C)c(NC(=O)CSc2nc3scc(-c4ccc5c(c4)CCCC5)c3c(=O)[nH]2)c1. The summed E-state index contributed by atoms with van der Waals surface area (Å²) in [6.45, 7) is 3.96. The number of thioether (sulfide) groups is 1. The Hall–Kier alpha value is -2.90. The van der Waals surface area contributed by atoms with Crippen molar-refractivity contribution in [2.75, 3.05) is 11.1 Å². The lowest BCUT2D eigenvalue weighted by Crippen LogP contribution is -2.16. The van der Waals surface area contributed by atoms with E-state index < -0.39 is 0 Å². The highest BCUT2D eigenvalue weighted by Gasteiger charge is 2.16. The van der Waals surface area contributed by atoms with E-state index in [1.54, 1.807) is 0 Å². The highest BCUT2D eigenvalue weighted by atomic mass is 32.2. The van der Waals surface area contributed by atoms with Crippen molar-refractivity contribution in [3.8, 4) is 11.1 Å². The number of benzene rings is 2. The van der Waals surface area contributed by atoms with Crippen LogP contribution in [0.3, 0.4) is 0 Å². The number of H-pyrrole nitrogens is 1. The Labute approximate surface area is 200 Å². The maximum Gasteiger partial charge on any atom is 0.260 e. The minimum absolute atomic E-state index is 0.127. The molecule has 2 aromatic heterocycles. The zero-order valence-corrected chi connectivity index (χ0v) is 20.3. The summed E-state index contributed by atoms with van der Waals surface area (Å²) in [5.41, 5.74) is 7.58. The molecule has 0 atom stereocenters. The van der Waals surface area contributed by atoms with Gasteiger partial charge in [0.2, 0.25) is 5.91 Å². The molecule has 5 rings (SSSR count). The van der Waals surface area contributed by atoms with Crippen molar-refractivity contribution in [3.63, 3.8) is 0 Å². The number of aryl methyl sites for hydroxylation is 4. The van der Waals surface area contributed by atoms with E-state index in [0.717, 1.165) is 40.8 Å². The number of rotatable bonds is 5. The van der Waals surface area contributed by atoms with Gasteiger partial charge >= 0.3 is 0 Å². The fraction of sp³-hybridized carbons (Fsp3) is 0.269. The number of hydrogen-bond acceptors (Lipinski definition) is 5. The number of carbonyl (C=O) groups is 1. The number of aromatic nitrogens is 2. The second-order valence-electron chi connectivity index (χ2n) is 8.55. The first kappa shape index (κ1) is 21.9. The summed E-state index contributed by atoms with van der Waals surface area (Å²) in [6.07, 6.45) is 4.71. The highest BCUT2D eigenvalue weighted by Crippen LogP contribution is 2.34. The lowest BCUT2D eigenvalue weighted by atomic mass is 9.89. The molecule has 4 aromatic rings. The van der Waals surface area contributed by atoms with Gasteiger partial charge < -0.3 is 10.3 Å². The maximum atomic E-state index is 13.0. The van der Waals surface area contributed by atoms with E-state index in [-0.39, 0.29) is 17.2 Å². The topological polar surface area (TPSA) is 74.8 Å². The van der Waals surface area contributed by atoms with Crippen LogP contribution in [0.15, 0.2) is 51.7 Å². The Balaban J connectivity index is 1.35. The first-order valence-electron chi connectivity index (χ1n) is 11.1. The number of fused-ring (bicyclic) bond motifs is 2. The van der Waals surface area contributed by atoms with Gasteiger partial charge in [0.15, 0.2) is 5.16 Å². The van der Waals surface area contributed by atoms with Gasteiger partial charge in [-0.15, -0.1) is 11.3 Å². The van der Waals surface area contributed by atoms with E-state index in [2.05, 4.69) is 33.5 Å². The standard InChI is InChI=1S/C26H25N3O2S2/c1-15-7-8-16(2)21(11-15)27-22(30)14-33-26-28-24(31)23-20(13-32-25(23)29-26)19-10-9-17-5-3-4-6-18(17)12-19/h7-13H,3-6,14H2,1-2H3,(H,27,30)(H,28,29,31). The molecule has 33 heavy (non-hydrogen) atoms. The molecule has 0 spiro atoms. The largest absolute Gasteiger partial charge is 0.325 e. The average Bonchev–Trinajstić information content (AvgIpc) is 3.24. The normalized spacial score (nSPS) is 13.2. The molecule has 0 radical (unpaired) electrons. The summed E-state index contributed by atoms with van der Waals surface area (Å²) in [7, 11) is 0. The van der Waals surface area contributed by atoms with E-state index in [4.69, 9.17) is 0 Å². The Morgan fingerprint density at radius 3 is 2.79 bits per heavy atom. The zero-order chi connectivity index (χ0) is 22.9. The summed E-state index contributed by atoms with van der Waals surface area (Å²) in [6, 6.07) is 12.5. The lowest BCUT2D eigenvalue weighted by molar-refractivity contribution is -0.113. The van der Waals surface area contributed by atoms with Crippen LogP contribution in [0.4, 0.5) is 5.69 Å². The number of thiophene rings is 1. The van der Waals surface area contributed by atoms with Crippen LogP contribution in [0.25, 0.3) is 21.3 Å². The predicted molar refractivity (Wildman–Crippen MR) is 138 cm³/mol. The molecule has 1 aliphatic rings. The van der Waals surface area contributed by atoms with Crippen LogP contribution >= 0.6 is 23.1 Å². The second-order valence-corrected chi connectivity index (χ2v) is 10.4. The van der Waals surface area contributed by atoms with Gasteiger partial charge in [0.25, 0.3) is 5.56 Å². The van der Waals surface area contributed by atoms with Crippen molar-refractivity contribution in [3.05, 3.63) is 74.4 Å². The smallest absolute Gasteiger partial charge is 0.260 e. The molecule has 2 N–H and O–H groups in total. The monoisotopic (exact) mass is 475 g/mol. The quantitative estimate of drug-likeness (QED) is 0.279. The van der Waals surface area contributed by atoms with Crippen LogP contribution in [0.2, 0.25) is 0 Å². The van der Waals surface area contributed by atoms with Crippen LogP contribution in [0, 0.1) is 13.8 Å². The van der Waals surface area contributed by atoms with Gasteiger partial charge in [-0.05, 0) is 73.4 Å². The van der Waals surface area contributed by atoms with E-state index in [9.17, 15) is 9.59 Å². The van der Waals surface area contributed by atoms with Crippen LogP contribution in [-0.2, 0) is 17.6 Å². The molecule has 0 saturated carbocycles. The number of nitrogens with zero attached hydrogens (tertiary/aromatic N) is 1. The molecule has 1 aliphatic carbocycles. The highest BCUT2D eigenvalue weighted by molar-refractivity contribution is 7.99. The fourth-order valence-corrected chi connectivity index (χ4v) is 5.97. The molecular formula is C26H25N3O2S2. The maximum absolute atomic E-state index is 13.0. The van der Waals surface area contributed by atoms with Crippen molar-refractivity contribution in [1.82, 2.24) is 9.97 Å². The molecule has 0 saturated heterocycles. The summed E-state index contributed by atoms with van der Waals surface area (Å²) >= 11 is 2.71. The molecule has 168 valence electrons. The molecular weight excluding hydrogens is 450 g/mol. The minimum Gasteiger partial charge on any atom is -0.325 e. The van der Waals surface area contributed by atoms with Crippen molar-refractivity contribution >= 4 is 44.9 Å². The first-order chi connectivity index (χ1) is 16.0. The number of carbonyl (C=O) groups excluding carboxylic acids is 1. The third-order valence-electron chi connectivity index (χ3n) is 6.09. The Morgan fingerprint density at radius 2 is 1.94 bits per heavy atom. The number of nitrogens with one attached hydrogen (secondary N) is 2. The molecule has 0 unspecified atom stereocenters. The lowest BCUT2D eigenvalue weighted by Gasteiger charge is -2.16. The van der Waals surface area contributed by atoms with Gasteiger partial charge in [0.05, 0.1) is 11.1 Å². The molecule has 1 amide bonds. The average molecular weight is 476 g/mol. The zero-order valence-electron chi connectivity index (χ0n) is 18.7. The third-order valence-corrected chi connectivity index (χ3v) is 7.83. The van der Waals surface area contributed by atoms with Crippen molar-refractivity contribution in [2.24, 2.45) is 0 Å². The molecule has 2 aromatic carbocycles. The van der Waals surface area contributed by atoms with Gasteiger partial charge in [0, 0.05) is 16.6 Å². The van der Waals surface area contributed by atoms with E-state index in [1.165, 1.54) is 47.1 Å². The predicted octanol–water partition coefficient (Wildman–Crippen LogP) is 5.88. The molecule has 0 bridgehead atoms. The Bertz CT molecular complexity index is 1420. The van der Waals surface area contributed by atoms with Crippen LogP contribution < -0.4 is 10.9 Å². The number of aromatic amines is 1. The summed E-state index contributed by atoms with van der Waals surface area (Å²) in [4.78, 5) is 33.6. The second kappa shape index (κ2) is 9.15. The number of anilines is 1. The minimum atomic E-state index is -0.161. The van der Waals surface area contributed by atoms with Gasteiger partial charge in [-0.25, -0.2) is 4.98 Å². The fourth-order valence-electron chi connectivity index (χ4n) is 4.30. The molecule has 0 fully saturated rings. The van der Waals surface area contributed by atoms with E-state index >= 15 is 0 Å². The van der Waals surface area contributed by atoms with E-state index in [0.29, 0.717) is 15.4 Å². The Morgan fingerprint density at radius 1 is 1.12 bits per heavy atom. The number of hydrogen-bond donors (Lipinski definition) is 2. The van der Waals surface area contributed by atoms with Crippen molar-refractivity contribution in [1.29, 1.82) is 0 Å². The van der Waals surface area contributed by atoms with Gasteiger partial charge in [0.1, 0.15) is 4.83 Å².